The minimum Gasteiger partial charge on any atom is -0.481 e. The van der Waals surface area contributed by atoms with Gasteiger partial charge in [0.05, 0.1) is 19.1 Å². The van der Waals surface area contributed by atoms with Gasteiger partial charge < -0.3 is 14.7 Å². The Labute approximate surface area is 95.4 Å². The van der Waals surface area contributed by atoms with Crippen molar-refractivity contribution in [2.75, 3.05) is 19.7 Å². The van der Waals surface area contributed by atoms with Crippen molar-refractivity contribution >= 4 is 11.9 Å². The van der Waals surface area contributed by atoms with Gasteiger partial charge in [0, 0.05) is 19.5 Å². The first-order valence-corrected chi connectivity index (χ1v) is 5.62. The van der Waals surface area contributed by atoms with Gasteiger partial charge in [-0.1, -0.05) is 13.8 Å². The summed E-state index contributed by atoms with van der Waals surface area (Å²) >= 11 is 0. The zero-order valence-electron chi connectivity index (χ0n) is 9.81. The van der Waals surface area contributed by atoms with E-state index in [1.807, 2.05) is 0 Å². The molecule has 0 aromatic heterocycles. The highest BCUT2D eigenvalue weighted by atomic mass is 16.5. The van der Waals surface area contributed by atoms with Crippen LogP contribution in [0.3, 0.4) is 0 Å². The van der Waals surface area contributed by atoms with Crippen molar-refractivity contribution in [3.63, 3.8) is 0 Å². The topological polar surface area (TPSA) is 66.8 Å². The molecule has 0 spiro atoms. The average molecular weight is 229 g/mol. The number of morpholine rings is 1. The summed E-state index contributed by atoms with van der Waals surface area (Å²) in [7, 11) is 0. The van der Waals surface area contributed by atoms with Crippen molar-refractivity contribution in [3.05, 3.63) is 0 Å². The Balaban J connectivity index is 2.40. The summed E-state index contributed by atoms with van der Waals surface area (Å²) in [5, 5.41) is 8.51. The number of hydrogen-bond acceptors (Lipinski definition) is 3. The van der Waals surface area contributed by atoms with Gasteiger partial charge >= 0.3 is 5.97 Å². The molecule has 1 aliphatic heterocycles. The number of carbonyl (C=O) groups excluding carboxylic acids is 1. The Morgan fingerprint density at radius 2 is 2.12 bits per heavy atom. The predicted molar refractivity (Wildman–Crippen MR) is 58.0 cm³/mol. The maximum Gasteiger partial charge on any atom is 0.303 e. The van der Waals surface area contributed by atoms with Crippen LogP contribution in [0.4, 0.5) is 0 Å². The summed E-state index contributed by atoms with van der Waals surface area (Å²) in [6.45, 7) is 5.80. The van der Waals surface area contributed by atoms with E-state index in [1.165, 1.54) is 0 Å². The second kappa shape index (κ2) is 5.84. The van der Waals surface area contributed by atoms with Crippen molar-refractivity contribution in [2.24, 2.45) is 5.92 Å². The van der Waals surface area contributed by atoms with E-state index in [-0.39, 0.29) is 24.9 Å². The maximum atomic E-state index is 11.7. The standard InChI is InChI=1S/C11H19NO4/c1-8(2)9-7-12(5-6-16-9)10(13)3-4-11(14)15/h8-9H,3-7H2,1-2H3,(H,14,15). The molecule has 1 fully saturated rings. The number of aliphatic carboxylic acids is 1. The van der Waals surface area contributed by atoms with Crippen LogP contribution in [-0.2, 0) is 14.3 Å². The first-order valence-electron chi connectivity index (χ1n) is 5.62. The van der Waals surface area contributed by atoms with Gasteiger partial charge in [-0.15, -0.1) is 0 Å². The van der Waals surface area contributed by atoms with E-state index in [9.17, 15) is 9.59 Å². The van der Waals surface area contributed by atoms with Crippen molar-refractivity contribution in [1.29, 1.82) is 0 Å². The van der Waals surface area contributed by atoms with Gasteiger partial charge in [-0.3, -0.25) is 9.59 Å². The zero-order chi connectivity index (χ0) is 12.1. The first-order chi connectivity index (χ1) is 7.50. The summed E-state index contributed by atoms with van der Waals surface area (Å²) in [4.78, 5) is 23.7. The normalized spacial score (nSPS) is 21.2. The molecule has 1 aliphatic rings. The number of carboxylic acid groups (broad SMARTS) is 1. The highest BCUT2D eigenvalue weighted by molar-refractivity contribution is 5.80. The lowest BCUT2D eigenvalue weighted by Crippen LogP contribution is -2.47. The van der Waals surface area contributed by atoms with Crippen LogP contribution in [0.2, 0.25) is 0 Å². The number of carboxylic acids is 1. The molecule has 1 amide bonds. The molecule has 1 atom stereocenters. The third-order valence-electron chi connectivity index (χ3n) is 2.74. The molecule has 1 unspecified atom stereocenters. The second-order valence-electron chi connectivity index (χ2n) is 4.39. The lowest BCUT2D eigenvalue weighted by Gasteiger charge is -2.34. The van der Waals surface area contributed by atoms with Crippen molar-refractivity contribution in [1.82, 2.24) is 4.90 Å². The fourth-order valence-electron chi connectivity index (χ4n) is 1.68. The van der Waals surface area contributed by atoms with Gasteiger partial charge in [-0.25, -0.2) is 0 Å². The number of hydrogen-bond donors (Lipinski definition) is 1. The van der Waals surface area contributed by atoms with E-state index in [0.717, 1.165) is 0 Å². The monoisotopic (exact) mass is 229 g/mol. The lowest BCUT2D eigenvalue weighted by molar-refractivity contribution is -0.145. The van der Waals surface area contributed by atoms with Crippen LogP contribution < -0.4 is 0 Å². The van der Waals surface area contributed by atoms with E-state index in [2.05, 4.69) is 13.8 Å². The van der Waals surface area contributed by atoms with Crippen molar-refractivity contribution in [2.45, 2.75) is 32.8 Å². The second-order valence-corrected chi connectivity index (χ2v) is 4.39. The maximum absolute atomic E-state index is 11.7. The van der Waals surface area contributed by atoms with Crippen LogP contribution >= 0.6 is 0 Å². The minimum atomic E-state index is -0.929. The zero-order valence-corrected chi connectivity index (χ0v) is 9.81. The third kappa shape index (κ3) is 3.81. The van der Waals surface area contributed by atoms with Gasteiger partial charge in [0.15, 0.2) is 0 Å². The largest absolute Gasteiger partial charge is 0.481 e. The molecule has 92 valence electrons. The van der Waals surface area contributed by atoms with Gasteiger partial charge in [0.2, 0.25) is 5.91 Å². The summed E-state index contributed by atoms with van der Waals surface area (Å²) in [5.41, 5.74) is 0. The van der Waals surface area contributed by atoms with Crippen LogP contribution in [0.1, 0.15) is 26.7 Å². The molecule has 0 aliphatic carbocycles. The van der Waals surface area contributed by atoms with E-state index < -0.39 is 5.97 Å². The molecular formula is C11H19NO4. The number of nitrogens with zero attached hydrogens (tertiary/aromatic N) is 1. The number of rotatable bonds is 4. The fraction of sp³-hybridized carbons (Fsp3) is 0.818. The SMILES string of the molecule is CC(C)C1CN(C(=O)CCC(=O)O)CCO1. The molecule has 1 saturated heterocycles. The van der Waals surface area contributed by atoms with Gasteiger partial charge in [-0.05, 0) is 5.92 Å². The molecular weight excluding hydrogens is 210 g/mol. The molecule has 0 bridgehead atoms. The molecule has 1 heterocycles. The van der Waals surface area contributed by atoms with Gasteiger partial charge in [-0.2, -0.15) is 0 Å². The number of ether oxygens (including phenoxy) is 1. The Morgan fingerprint density at radius 3 is 2.69 bits per heavy atom. The first kappa shape index (κ1) is 13.0. The summed E-state index contributed by atoms with van der Waals surface area (Å²) in [6.07, 6.45) is 0.0606. The summed E-state index contributed by atoms with van der Waals surface area (Å²) in [5.74, 6) is -0.645. The molecule has 1 N–H and O–H groups in total. The number of carbonyl (C=O) groups is 2. The average Bonchev–Trinajstić information content (AvgIpc) is 2.26. The Morgan fingerprint density at radius 1 is 1.44 bits per heavy atom. The Hall–Kier alpha value is -1.10. The molecule has 16 heavy (non-hydrogen) atoms. The molecule has 0 radical (unpaired) electrons. The number of amides is 1. The molecule has 1 rings (SSSR count). The van der Waals surface area contributed by atoms with E-state index in [0.29, 0.717) is 25.6 Å². The van der Waals surface area contributed by atoms with Gasteiger partial charge in [0.1, 0.15) is 0 Å². The quantitative estimate of drug-likeness (QED) is 0.772. The summed E-state index contributed by atoms with van der Waals surface area (Å²) < 4.78 is 5.54. The molecule has 0 saturated carbocycles. The van der Waals surface area contributed by atoms with E-state index in [4.69, 9.17) is 9.84 Å². The van der Waals surface area contributed by atoms with E-state index in [1.54, 1.807) is 4.90 Å². The van der Waals surface area contributed by atoms with Crippen LogP contribution in [0.5, 0.6) is 0 Å². The highest BCUT2D eigenvalue weighted by Crippen LogP contribution is 2.14. The minimum absolute atomic E-state index is 0.0718. The fourth-order valence-corrected chi connectivity index (χ4v) is 1.68. The molecule has 0 aromatic carbocycles. The molecule has 5 heteroatoms. The van der Waals surface area contributed by atoms with Crippen LogP contribution in [0, 0.1) is 5.92 Å². The van der Waals surface area contributed by atoms with Crippen molar-refractivity contribution in [3.8, 4) is 0 Å². The predicted octanol–water partition coefficient (Wildman–Crippen LogP) is 0.735. The van der Waals surface area contributed by atoms with Crippen LogP contribution in [0.15, 0.2) is 0 Å². The Bertz CT molecular complexity index is 265. The Kier molecular flexibility index (Phi) is 4.73. The van der Waals surface area contributed by atoms with E-state index >= 15 is 0 Å². The third-order valence-corrected chi connectivity index (χ3v) is 2.74. The lowest BCUT2D eigenvalue weighted by atomic mass is 10.1. The van der Waals surface area contributed by atoms with Gasteiger partial charge in [0.25, 0.3) is 0 Å². The smallest absolute Gasteiger partial charge is 0.303 e. The molecule has 0 aromatic rings. The van der Waals surface area contributed by atoms with Crippen LogP contribution in [-0.4, -0.2) is 47.7 Å². The van der Waals surface area contributed by atoms with Crippen LogP contribution in [0.25, 0.3) is 0 Å². The molecule has 5 nitrogen and oxygen atoms in total. The summed E-state index contributed by atoms with van der Waals surface area (Å²) in [6, 6.07) is 0. The van der Waals surface area contributed by atoms with Crippen molar-refractivity contribution < 1.29 is 19.4 Å². The highest BCUT2D eigenvalue weighted by Gasteiger charge is 2.26.